The molecule has 0 amide bonds. The molecular formula is C7H12O. The van der Waals surface area contributed by atoms with Crippen LogP contribution in [0.15, 0.2) is 0 Å². The molecule has 1 saturated heterocycles. The van der Waals surface area contributed by atoms with Crippen molar-refractivity contribution in [3.63, 3.8) is 0 Å². The van der Waals surface area contributed by atoms with Gasteiger partial charge in [0.05, 0.1) is 12.7 Å². The molecule has 1 aliphatic heterocycles. The Kier molecular flexibility index (Phi) is 1.04. The van der Waals surface area contributed by atoms with E-state index in [1.54, 1.807) is 0 Å². The van der Waals surface area contributed by atoms with Crippen LogP contribution in [0.3, 0.4) is 0 Å². The molecule has 8 heavy (non-hydrogen) atoms. The first kappa shape index (κ1) is 4.80. The molecule has 0 spiro atoms. The third-order valence-electron chi connectivity index (χ3n) is 2.36. The lowest BCUT2D eigenvalue weighted by atomic mass is 9.83. The minimum atomic E-state index is 0.684. The largest absolute Gasteiger partial charge is 0.377 e. The maximum atomic E-state index is 5.33. The predicted octanol–water partition coefficient (Wildman–Crippen LogP) is 1.58. The summed E-state index contributed by atoms with van der Waals surface area (Å²) in [6.07, 6.45) is 6.31. The van der Waals surface area contributed by atoms with Crippen LogP contribution >= 0.6 is 0 Å². The Morgan fingerprint density at radius 1 is 1.12 bits per heavy atom. The van der Waals surface area contributed by atoms with Crippen LogP contribution in [0.1, 0.15) is 25.7 Å². The lowest BCUT2D eigenvalue weighted by Crippen LogP contribution is -2.41. The van der Waals surface area contributed by atoms with Crippen LogP contribution in [0, 0.1) is 5.92 Å². The first-order valence-electron chi connectivity index (χ1n) is 3.58. The van der Waals surface area contributed by atoms with Gasteiger partial charge in [-0.1, -0.05) is 12.8 Å². The fourth-order valence-corrected chi connectivity index (χ4v) is 1.71. The van der Waals surface area contributed by atoms with Crippen molar-refractivity contribution in [2.45, 2.75) is 31.8 Å². The average Bonchev–Trinajstić information content (AvgIpc) is 1.72. The summed E-state index contributed by atoms with van der Waals surface area (Å²) in [4.78, 5) is 0. The highest BCUT2D eigenvalue weighted by Crippen LogP contribution is 2.33. The minimum Gasteiger partial charge on any atom is -0.377 e. The number of hydrogen-bond acceptors (Lipinski definition) is 1. The van der Waals surface area contributed by atoms with Gasteiger partial charge in [-0.15, -0.1) is 0 Å². The van der Waals surface area contributed by atoms with Crippen molar-refractivity contribution in [3.05, 3.63) is 0 Å². The van der Waals surface area contributed by atoms with Gasteiger partial charge >= 0.3 is 0 Å². The predicted molar refractivity (Wildman–Crippen MR) is 31.7 cm³/mol. The first-order valence-corrected chi connectivity index (χ1v) is 3.58. The van der Waals surface area contributed by atoms with E-state index in [-0.39, 0.29) is 0 Å². The van der Waals surface area contributed by atoms with Gasteiger partial charge in [-0.3, -0.25) is 0 Å². The molecule has 0 radical (unpaired) electrons. The van der Waals surface area contributed by atoms with Crippen molar-refractivity contribution in [1.82, 2.24) is 0 Å². The van der Waals surface area contributed by atoms with Crippen LogP contribution in [-0.2, 0) is 4.74 Å². The van der Waals surface area contributed by atoms with Crippen molar-refractivity contribution in [1.29, 1.82) is 0 Å². The van der Waals surface area contributed by atoms with E-state index in [1.165, 1.54) is 25.7 Å². The highest BCUT2D eigenvalue weighted by molar-refractivity contribution is 4.82. The van der Waals surface area contributed by atoms with Gasteiger partial charge in [-0.2, -0.15) is 0 Å². The van der Waals surface area contributed by atoms with Crippen LogP contribution in [-0.4, -0.2) is 12.7 Å². The fraction of sp³-hybridized carbons (Fsp3) is 1.00. The third-order valence-corrected chi connectivity index (χ3v) is 2.36. The fourth-order valence-electron chi connectivity index (χ4n) is 1.71. The van der Waals surface area contributed by atoms with Crippen molar-refractivity contribution in [2.24, 2.45) is 5.92 Å². The quantitative estimate of drug-likeness (QED) is 0.462. The second-order valence-electron chi connectivity index (χ2n) is 2.92. The van der Waals surface area contributed by atoms with Gasteiger partial charge in [-0.25, -0.2) is 0 Å². The molecule has 2 aliphatic rings. The summed E-state index contributed by atoms with van der Waals surface area (Å²) < 4.78 is 5.33. The molecule has 0 bridgehead atoms. The van der Waals surface area contributed by atoms with Gasteiger partial charge < -0.3 is 4.74 Å². The Hall–Kier alpha value is -0.0400. The van der Waals surface area contributed by atoms with E-state index < -0.39 is 0 Å². The van der Waals surface area contributed by atoms with Crippen molar-refractivity contribution < 1.29 is 4.74 Å². The van der Waals surface area contributed by atoms with E-state index in [2.05, 4.69) is 0 Å². The molecule has 1 nitrogen and oxygen atoms in total. The molecule has 1 aliphatic carbocycles. The van der Waals surface area contributed by atoms with E-state index in [0.29, 0.717) is 6.10 Å². The van der Waals surface area contributed by atoms with Crippen molar-refractivity contribution >= 4 is 0 Å². The summed E-state index contributed by atoms with van der Waals surface area (Å²) in [5.74, 6) is 0.962. The van der Waals surface area contributed by atoms with Gasteiger partial charge in [0, 0.05) is 5.92 Å². The number of fused-ring (bicyclic) bond motifs is 1. The SMILES string of the molecule is C1CC[C@@H]2OC[C@H]2C1. The molecule has 0 N–H and O–H groups in total. The smallest absolute Gasteiger partial charge is 0.0625 e. The lowest BCUT2D eigenvalue weighted by molar-refractivity contribution is -0.133. The molecule has 1 heterocycles. The average molecular weight is 112 g/mol. The maximum Gasteiger partial charge on any atom is 0.0625 e. The maximum absolute atomic E-state index is 5.33. The molecule has 0 aromatic carbocycles. The van der Waals surface area contributed by atoms with Gasteiger partial charge in [0.2, 0.25) is 0 Å². The lowest BCUT2D eigenvalue weighted by Gasteiger charge is -2.40. The zero-order chi connectivity index (χ0) is 5.40. The van der Waals surface area contributed by atoms with Crippen LogP contribution in [0.2, 0.25) is 0 Å². The van der Waals surface area contributed by atoms with Crippen LogP contribution in [0.5, 0.6) is 0 Å². The van der Waals surface area contributed by atoms with Crippen LogP contribution in [0.25, 0.3) is 0 Å². The van der Waals surface area contributed by atoms with E-state index in [4.69, 9.17) is 4.74 Å². The first-order chi connectivity index (χ1) is 3.97. The summed E-state index contributed by atoms with van der Waals surface area (Å²) in [6, 6.07) is 0. The second kappa shape index (κ2) is 1.73. The van der Waals surface area contributed by atoms with Crippen molar-refractivity contribution in [3.8, 4) is 0 Å². The topological polar surface area (TPSA) is 9.23 Å². The van der Waals surface area contributed by atoms with Crippen molar-refractivity contribution in [2.75, 3.05) is 6.61 Å². The molecule has 2 fully saturated rings. The summed E-state index contributed by atoms with van der Waals surface area (Å²) in [5, 5.41) is 0. The number of rotatable bonds is 0. The third kappa shape index (κ3) is 0.576. The molecular weight excluding hydrogens is 100 g/mol. The number of hydrogen-bond donors (Lipinski definition) is 0. The summed E-state index contributed by atoms with van der Waals surface area (Å²) in [6.45, 7) is 1.06. The number of ether oxygens (including phenoxy) is 1. The van der Waals surface area contributed by atoms with E-state index in [9.17, 15) is 0 Å². The molecule has 2 rings (SSSR count). The summed E-state index contributed by atoms with van der Waals surface area (Å²) in [5.41, 5.74) is 0. The Morgan fingerprint density at radius 3 is 2.38 bits per heavy atom. The second-order valence-corrected chi connectivity index (χ2v) is 2.92. The summed E-state index contributed by atoms with van der Waals surface area (Å²) in [7, 11) is 0. The molecule has 0 aromatic heterocycles. The van der Waals surface area contributed by atoms with E-state index >= 15 is 0 Å². The monoisotopic (exact) mass is 112 g/mol. The van der Waals surface area contributed by atoms with Gasteiger partial charge in [0.15, 0.2) is 0 Å². The Balaban J connectivity index is 1.92. The molecule has 1 saturated carbocycles. The Labute approximate surface area is 50.0 Å². The summed E-state index contributed by atoms with van der Waals surface area (Å²) >= 11 is 0. The zero-order valence-electron chi connectivity index (χ0n) is 5.10. The highest BCUT2D eigenvalue weighted by atomic mass is 16.5. The Morgan fingerprint density at radius 2 is 2.00 bits per heavy atom. The zero-order valence-corrected chi connectivity index (χ0v) is 5.10. The molecule has 0 aromatic rings. The van der Waals surface area contributed by atoms with E-state index in [0.717, 1.165) is 12.5 Å². The highest BCUT2D eigenvalue weighted by Gasteiger charge is 2.33. The van der Waals surface area contributed by atoms with Gasteiger partial charge in [0.1, 0.15) is 0 Å². The standard InChI is InChI=1S/C7H12O/c1-2-4-7-6(3-1)5-8-7/h6-7H,1-5H2/t6-,7+/m1/s1. The normalized spacial score (nSPS) is 45.0. The Bertz CT molecular complexity index is 78.4. The van der Waals surface area contributed by atoms with Gasteiger partial charge in [-0.05, 0) is 12.8 Å². The molecule has 46 valence electrons. The molecule has 0 unspecified atom stereocenters. The molecule has 2 atom stereocenters. The van der Waals surface area contributed by atoms with E-state index in [1.807, 2.05) is 0 Å². The minimum absolute atomic E-state index is 0.684. The van der Waals surface area contributed by atoms with Gasteiger partial charge in [0.25, 0.3) is 0 Å². The van der Waals surface area contributed by atoms with Crippen LogP contribution < -0.4 is 0 Å². The molecule has 1 heteroatoms. The van der Waals surface area contributed by atoms with Crippen LogP contribution in [0.4, 0.5) is 0 Å².